The Morgan fingerprint density at radius 1 is 1.03 bits per heavy atom. The van der Waals surface area contributed by atoms with Gasteiger partial charge in [0.1, 0.15) is 21.5 Å². The van der Waals surface area contributed by atoms with Crippen molar-refractivity contribution in [2.24, 2.45) is 0 Å². The highest BCUT2D eigenvalue weighted by molar-refractivity contribution is 8.01. The van der Waals surface area contributed by atoms with Gasteiger partial charge in [-0.3, -0.25) is 14.9 Å². The number of rotatable bonds is 10. The summed E-state index contributed by atoms with van der Waals surface area (Å²) in [7, 11) is 1.61. The lowest BCUT2D eigenvalue weighted by Crippen LogP contribution is -2.15. The molecule has 1 amide bonds. The van der Waals surface area contributed by atoms with E-state index >= 15 is 0 Å². The second-order valence-corrected chi connectivity index (χ2v) is 11.1. The van der Waals surface area contributed by atoms with E-state index in [4.69, 9.17) is 9.84 Å². The summed E-state index contributed by atoms with van der Waals surface area (Å²) in [4.78, 5) is 38.8. The fourth-order valence-corrected chi connectivity index (χ4v) is 5.92. The molecule has 0 radical (unpaired) electrons. The largest absolute Gasteiger partial charge is 0.497 e. The van der Waals surface area contributed by atoms with Gasteiger partial charge in [0, 0.05) is 16.0 Å². The van der Waals surface area contributed by atoms with Crippen LogP contribution in [0.25, 0.3) is 0 Å². The van der Waals surface area contributed by atoms with Crippen LogP contribution in [0.15, 0.2) is 91.0 Å². The molecule has 0 aliphatic heterocycles. The second-order valence-electron chi connectivity index (χ2n) is 6.66. The van der Waals surface area contributed by atoms with Crippen molar-refractivity contribution in [3.05, 3.63) is 72.7 Å². The summed E-state index contributed by atoms with van der Waals surface area (Å²) in [6, 6.07) is 16.8. The first-order valence-electron chi connectivity index (χ1n) is 10.0. The molecule has 2 N–H and O–H groups in total. The number of carbonyl (C=O) groups is 2. The lowest BCUT2D eigenvalue weighted by Gasteiger charge is -2.10. The SMILES string of the molecule is COc1ccc(Sc2ccc(Sc3ccccn3)nc2C(=O)Nc2ncc(SCC(=O)O)s2)cc1. The van der Waals surface area contributed by atoms with Gasteiger partial charge in [-0.05, 0) is 48.5 Å². The van der Waals surface area contributed by atoms with Crippen molar-refractivity contribution in [1.82, 2.24) is 15.0 Å². The number of aromatic nitrogens is 3. The van der Waals surface area contributed by atoms with Gasteiger partial charge < -0.3 is 9.84 Å². The quantitative estimate of drug-likeness (QED) is 0.243. The molecule has 0 saturated heterocycles. The summed E-state index contributed by atoms with van der Waals surface area (Å²) in [5.74, 6) is -0.658. The number of aliphatic carboxylic acids is 1. The summed E-state index contributed by atoms with van der Waals surface area (Å²) in [6.07, 6.45) is 3.24. The number of carbonyl (C=O) groups excluding carboxylic acids is 1. The molecule has 0 aliphatic carbocycles. The third kappa shape index (κ3) is 7.21. The number of nitrogens with one attached hydrogen (secondary N) is 1. The molecule has 4 aromatic rings. The average Bonchev–Trinajstić information content (AvgIpc) is 3.32. The van der Waals surface area contributed by atoms with E-state index in [1.165, 1.54) is 34.9 Å². The molecule has 0 spiro atoms. The molecule has 0 fully saturated rings. The van der Waals surface area contributed by atoms with Gasteiger partial charge in [0.2, 0.25) is 0 Å². The molecule has 3 aromatic heterocycles. The minimum Gasteiger partial charge on any atom is -0.497 e. The number of nitrogens with zero attached hydrogens (tertiary/aromatic N) is 3. The molecule has 0 unspecified atom stereocenters. The summed E-state index contributed by atoms with van der Waals surface area (Å²) < 4.78 is 5.92. The first-order valence-corrected chi connectivity index (χ1v) is 13.5. The van der Waals surface area contributed by atoms with Crippen molar-refractivity contribution in [3.8, 4) is 5.75 Å². The van der Waals surface area contributed by atoms with Crippen LogP contribution in [0, 0.1) is 0 Å². The van der Waals surface area contributed by atoms with Crippen LogP contribution in [0.3, 0.4) is 0 Å². The van der Waals surface area contributed by atoms with Gasteiger partial charge in [-0.25, -0.2) is 15.0 Å². The Morgan fingerprint density at radius 2 is 1.86 bits per heavy atom. The van der Waals surface area contributed by atoms with Crippen molar-refractivity contribution in [3.63, 3.8) is 0 Å². The molecular weight excluding hydrogens is 525 g/mol. The zero-order chi connectivity index (χ0) is 24.6. The molecule has 4 rings (SSSR count). The highest BCUT2D eigenvalue weighted by Gasteiger charge is 2.18. The molecule has 0 atom stereocenters. The van der Waals surface area contributed by atoms with Gasteiger partial charge in [-0.15, -0.1) is 11.8 Å². The van der Waals surface area contributed by atoms with Crippen molar-refractivity contribution in [2.45, 2.75) is 24.1 Å². The Hall–Kier alpha value is -3.06. The number of anilines is 1. The van der Waals surface area contributed by atoms with Gasteiger partial charge in [-0.2, -0.15) is 0 Å². The van der Waals surface area contributed by atoms with Gasteiger partial charge in [-0.1, -0.05) is 40.9 Å². The lowest BCUT2D eigenvalue weighted by atomic mass is 10.3. The Labute approximate surface area is 218 Å². The molecule has 178 valence electrons. The number of carboxylic acid groups (broad SMARTS) is 1. The van der Waals surface area contributed by atoms with Crippen LogP contribution in [0.1, 0.15) is 10.5 Å². The van der Waals surface area contributed by atoms with Crippen LogP contribution in [-0.4, -0.2) is 44.8 Å². The molecule has 0 saturated carbocycles. The van der Waals surface area contributed by atoms with E-state index in [9.17, 15) is 9.59 Å². The van der Waals surface area contributed by atoms with Gasteiger partial charge in [0.15, 0.2) is 5.13 Å². The van der Waals surface area contributed by atoms with Crippen LogP contribution in [0.4, 0.5) is 5.13 Å². The average molecular weight is 543 g/mol. The van der Waals surface area contributed by atoms with Crippen LogP contribution < -0.4 is 10.1 Å². The number of pyridine rings is 2. The maximum absolute atomic E-state index is 13.2. The van der Waals surface area contributed by atoms with Gasteiger partial charge in [0.05, 0.1) is 23.3 Å². The fraction of sp³-hybridized carbons (Fsp3) is 0.0870. The predicted octanol–water partition coefficient (Wildman–Crippen LogP) is 5.67. The minimum absolute atomic E-state index is 0.0768. The zero-order valence-corrected chi connectivity index (χ0v) is 21.5. The summed E-state index contributed by atoms with van der Waals surface area (Å²) in [6.45, 7) is 0. The maximum Gasteiger partial charge on any atom is 0.313 e. The van der Waals surface area contributed by atoms with Crippen LogP contribution in [0.5, 0.6) is 5.75 Å². The van der Waals surface area contributed by atoms with Crippen molar-refractivity contribution < 1.29 is 19.4 Å². The smallest absolute Gasteiger partial charge is 0.313 e. The minimum atomic E-state index is -0.916. The Balaban J connectivity index is 1.58. The van der Waals surface area contributed by atoms with E-state index in [1.54, 1.807) is 19.5 Å². The fourth-order valence-electron chi connectivity index (χ4n) is 2.69. The molecule has 8 nitrogen and oxygen atoms in total. The van der Waals surface area contributed by atoms with Crippen LogP contribution >= 0.6 is 46.6 Å². The molecule has 35 heavy (non-hydrogen) atoms. The number of benzene rings is 1. The molecule has 3 heterocycles. The van der Waals surface area contributed by atoms with E-state index in [1.807, 2.05) is 54.6 Å². The lowest BCUT2D eigenvalue weighted by molar-refractivity contribution is -0.133. The van der Waals surface area contributed by atoms with E-state index in [0.29, 0.717) is 19.3 Å². The number of ether oxygens (including phenoxy) is 1. The highest BCUT2D eigenvalue weighted by atomic mass is 32.2. The van der Waals surface area contributed by atoms with E-state index < -0.39 is 11.9 Å². The Kier molecular flexibility index (Phi) is 8.64. The zero-order valence-electron chi connectivity index (χ0n) is 18.2. The molecule has 12 heteroatoms. The Morgan fingerprint density at radius 3 is 2.57 bits per heavy atom. The summed E-state index contributed by atoms with van der Waals surface area (Å²) >= 11 is 5.13. The topological polar surface area (TPSA) is 114 Å². The number of carboxylic acids is 1. The third-order valence-corrected chi connectivity index (χ3v) is 8.26. The number of methoxy groups -OCH3 is 1. The molecule has 0 aliphatic rings. The number of hydrogen-bond acceptors (Lipinski definition) is 10. The van der Waals surface area contributed by atoms with E-state index in [-0.39, 0.29) is 11.4 Å². The molecular formula is C23H18N4O4S4. The Bertz CT molecular complexity index is 1320. The van der Waals surface area contributed by atoms with Crippen LogP contribution in [0.2, 0.25) is 0 Å². The van der Waals surface area contributed by atoms with E-state index in [0.717, 1.165) is 27.4 Å². The summed E-state index contributed by atoms with van der Waals surface area (Å²) in [5.41, 5.74) is 0.252. The highest BCUT2D eigenvalue weighted by Crippen LogP contribution is 2.34. The van der Waals surface area contributed by atoms with Gasteiger partial charge in [0.25, 0.3) is 5.91 Å². The standard InChI is InChI=1S/C23H18N4O4S4/c1-31-14-5-7-15(8-6-14)33-16-9-10-18(34-17-4-2-3-11-24-17)26-21(16)22(30)27-23-25-12-20(35-23)32-13-19(28)29/h2-12H,13H2,1H3,(H,28,29)(H,25,27,30). The van der Waals surface area contributed by atoms with Crippen LogP contribution in [-0.2, 0) is 4.79 Å². The van der Waals surface area contributed by atoms with Crippen molar-refractivity contribution >= 4 is 63.6 Å². The molecule has 1 aromatic carbocycles. The predicted molar refractivity (Wildman–Crippen MR) is 138 cm³/mol. The van der Waals surface area contributed by atoms with Gasteiger partial charge >= 0.3 is 5.97 Å². The number of amides is 1. The number of thioether (sulfide) groups is 1. The van der Waals surface area contributed by atoms with Crippen molar-refractivity contribution in [1.29, 1.82) is 0 Å². The molecule has 0 bridgehead atoms. The number of hydrogen-bond donors (Lipinski definition) is 2. The monoisotopic (exact) mass is 542 g/mol. The second kappa shape index (κ2) is 12.1. The first kappa shape index (κ1) is 25.0. The normalized spacial score (nSPS) is 10.7. The third-order valence-electron chi connectivity index (χ3n) is 4.22. The summed E-state index contributed by atoms with van der Waals surface area (Å²) in [5, 5.41) is 13.4. The number of thiazole rings is 1. The maximum atomic E-state index is 13.2. The first-order chi connectivity index (χ1) is 17.0. The van der Waals surface area contributed by atoms with E-state index in [2.05, 4.69) is 20.3 Å². The van der Waals surface area contributed by atoms with Crippen molar-refractivity contribution in [2.75, 3.05) is 18.2 Å².